The summed E-state index contributed by atoms with van der Waals surface area (Å²) in [4.78, 5) is 27.8. The molecule has 2 rings (SSSR count). The molecule has 2 atom stereocenters. The van der Waals surface area contributed by atoms with Crippen molar-refractivity contribution in [1.29, 1.82) is 0 Å². The number of carbonyl (C=O) groups is 2. The van der Waals surface area contributed by atoms with Crippen LogP contribution in [0.25, 0.3) is 0 Å². The van der Waals surface area contributed by atoms with E-state index in [1.165, 1.54) is 46.4 Å². The molecule has 2 aliphatic heterocycles. The topological polar surface area (TPSA) is 61.9 Å². The van der Waals surface area contributed by atoms with Gasteiger partial charge in [-0.2, -0.15) is 0 Å². The molecule has 0 radical (unpaired) electrons. The summed E-state index contributed by atoms with van der Waals surface area (Å²) in [6, 6.07) is 0.0357. The maximum Gasteiger partial charge on any atom is 0.329 e. The molecule has 2 unspecified atom stereocenters. The van der Waals surface area contributed by atoms with E-state index in [4.69, 9.17) is 4.74 Å². The minimum atomic E-state index is -0.562. The Balaban J connectivity index is 1.84. The lowest BCUT2D eigenvalue weighted by molar-refractivity contribution is -0.145. The molecule has 2 aliphatic rings. The van der Waals surface area contributed by atoms with Gasteiger partial charge in [-0.15, -0.1) is 0 Å². The minimum absolute atomic E-state index is 0.197. The molecule has 0 saturated carbocycles. The van der Waals surface area contributed by atoms with Gasteiger partial charge in [0.15, 0.2) is 0 Å². The van der Waals surface area contributed by atoms with Gasteiger partial charge in [-0.3, -0.25) is 14.6 Å². The van der Waals surface area contributed by atoms with Crippen LogP contribution in [0.15, 0.2) is 0 Å². The first kappa shape index (κ1) is 16.2. The zero-order valence-electron chi connectivity index (χ0n) is 13.1. The fraction of sp³-hybridized carbons (Fsp3) is 0.867. The lowest BCUT2D eigenvalue weighted by atomic mass is 10.1. The quantitative estimate of drug-likeness (QED) is 0.736. The summed E-state index contributed by atoms with van der Waals surface area (Å²) in [5.41, 5.74) is 0. The molecular weight excluding hydrogens is 270 g/mol. The van der Waals surface area contributed by atoms with Crippen LogP contribution >= 0.6 is 0 Å². The van der Waals surface area contributed by atoms with Crippen molar-refractivity contribution in [1.82, 2.24) is 15.1 Å². The standard InChI is InChI=1S/C15H27N3O3/c1-12(19)16-14(15(20)21-2)11-17-9-6-13(10-17)18-7-4-3-5-8-18/h13-14H,3-11H2,1-2H3,(H,16,19). The Hall–Kier alpha value is -1.14. The lowest BCUT2D eigenvalue weighted by Gasteiger charge is -2.32. The summed E-state index contributed by atoms with van der Waals surface area (Å²) in [5, 5.41) is 2.68. The zero-order chi connectivity index (χ0) is 15.2. The van der Waals surface area contributed by atoms with Gasteiger partial charge in [0.05, 0.1) is 7.11 Å². The van der Waals surface area contributed by atoms with E-state index in [1.54, 1.807) is 0 Å². The van der Waals surface area contributed by atoms with E-state index in [-0.39, 0.29) is 11.9 Å². The van der Waals surface area contributed by atoms with Crippen molar-refractivity contribution in [3.63, 3.8) is 0 Å². The molecule has 0 spiro atoms. The molecule has 0 aromatic rings. The predicted octanol–water partition coefficient (Wildman–Crippen LogP) is 0.224. The van der Waals surface area contributed by atoms with Crippen molar-refractivity contribution in [2.24, 2.45) is 0 Å². The van der Waals surface area contributed by atoms with Crippen molar-refractivity contribution < 1.29 is 14.3 Å². The van der Waals surface area contributed by atoms with E-state index in [1.807, 2.05) is 0 Å². The third-order valence-corrected chi connectivity index (χ3v) is 4.46. The number of ether oxygens (including phenoxy) is 1. The van der Waals surface area contributed by atoms with Crippen molar-refractivity contribution >= 4 is 11.9 Å². The van der Waals surface area contributed by atoms with Gasteiger partial charge >= 0.3 is 5.97 Å². The Kier molecular flexibility index (Phi) is 5.99. The normalized spacial score (nSPS) is 25.5. The largest absolute Gasteiger partial charge is 0.467 e. The Bertz CT molecular complexity index is 369. The number of hydrogen-bond acceptors (Lipinski definition) is 5. The van der Waals surface area contributed by atoms with Crippen molar-refractivity contribution in [2.75, 3.05) is 39.8 Å². The minimum Gasteiger partial charge on any atom is -0.467 e. The maximum absolute atomic E-state index is 11.7. The second-order valence-electron chi connectivity index (χ2n) is 6.07. The van der Waals surface area contributed by atoms with Crippen LogP contribution in [0.3, 0.4) is 0 Å². The summed E-state index contributed by atoms with van der Waals surface area (Å²) in [7, 11) is 1.36. The Morgan fingerprint density at radius 3 is 2.57 bits per heavy atom. The summed E-state index contributed by atoms with van der Waals surface area (Å²) in [6.07, 6.45) is 5.09. The van der Waals surface area contributed by atoms with E-state index >= 15 is 0 Å². The second-order valence-corrected chi connectivity index (χ2v) is 6.07. The number of carbonyl (C=O) groups excluding carboxylic acids is 2. The summed E-state index contributed by atoms with van der Waals surface area (Å²) in [6.45, 7) is 6.32. The lowest BCUT2D eigenvalue weighted by Crippen LogP contribution is -2.48. The van der Waals surface area contributed by atoms with Crippen LogP contribution in [-0.2, 0) is 14.3 Å². The molecule has 120 valence electrons. The Morgan fingerprint density at radius 2 is 1.95 bits per heavy atom. The summed E-state index contributed by atoms with van der Waals surface area (Å²) in [5.74, 6) is -0.566. The van der Waals surface area contributed by atoms with Crippen LogP contribution in [0.4, 0.5) is 0 Å². The first-order valence-corrected chi connectivity index (χ1v) is 7.91. The van der Waals surface area contributed by atoms with Gasteiger partial charge in [-0.1, -0.05) is 6.42 Å². The fourth-order valence-corrected chi connectivity index (χ4v) is 3.38. The number of methoxy groups -OCH3 is 1. The van der Waals surface area contributed by atoms with Crippen LogP contribution in [0, 0.1) is 0 Å². The second kappa shape index (κ2) is 7.75. The Morgan fingerprint density at radius 1 is 1.24 bits per heavy atom. The van der Waals surface area contributed by atoms with Crippen LogP contribution in [0.2, 0.25) is 0 Å². The van der Waals surface area contributed by atoms with Gasteiger partial charge in [0.2, 0.25) is 5.91 Å². The molecule has 0 aromatic heterocycles. The highest BCUT2D eigenvalue weighted by Gasteiger charge is 2.31. The molecule has 0 aromatic carbocycles. The monoisotopic (exact) mass is 297 g/mol. The number of likely N-dealkylation sites (tertiary alicyclic amines) is 2. The molecule has 0 bridgehead atoms. The molecule has 2 fully saturated rings. The third kappa shape index (κ3) is 4.68. The van der Waals surface area contributed by atoms with Crippen LogP contribution in [0.5, 0.6) is 0 Å². The first-order valence-electron chi connectivity index (χ1n) is 7.91. The zero-order valence-corrected chi connectivity index (χ0v) is 13.1. The number of esters is 1. The van der Waals surface area contributed by atoms with Crippen molar-refractivity contribution in [2.45, 2.75) is 44.7 Å². The number of amides is 1. The van der Waals surface area contributed by atoms with E-state index in [0.717, 1.165) is 19.5 Å². The molecule has 2 saturated heterocycles. The van der Waals surface area contributed by atoms with Gasteiger partial charge < -0.3 is 10.1 Å². The van der Waals surface area contributed by atoms with Crippen molar-refractivity contribution in [3.05, 3.63) is 0 Å². The van der Waals surface area contributed by atoms with Crippen LogP contribution < -0.4 is 5.32 Å². The smallest absolute Gasteiger partial charge is 0.329 e. The molecule has 2 heterocycles. The molecular formula is C15H27N3O3. The molecule has 6 heteroatoms. The molecule has 21 heavy (non-hydrogen) atoms. The molecule has 0 aliphatic carbocycles. The molecule has 1 amide bonds. The Labute approximate surface area is 126 Å². The van der Waals surface area contributed by atoms with Crippen molar-refractivity contribution in [3.8, 4) is 0 Å². The predicted molar refractivity (Wildman–Crippen MR) is 79.9 cm³/mol. The number of nitrogens with one attached hydrogen (secondary N) is 1. The number of hydrogen-bond donors (Lipinski definition) is 1. The summed E-state index contributed by atoms with van der Waals surface area (Å²) < 4.78 is 4.78. The summed E-state index contributed by atoms with van der Waals surface area (Å²) >= 11 is 0. The van der Waals surface area contributed by atoms with Gasteiger partial charge in [-0.05, 0) is 38.9 Å². The maximum atomic E-state index is 11.7. The number of nitrogens with zero attached hydrogens (tertiary/aromatic N) is 2. The van der Waals surface area contributed by atoms with Gasteiger partial charge in [0.25, 0.3) is 0 Å². The van der Waals surface area contributed by atoms with E-state index in [2.05, 4.69) is 15.1 Å². The highest BCUT2D eigenvalue weighted by Crippen LogP contribution is 2.20. The van der Waals surface area contributed by atoms with Gasteiger partial charge in [0.1, 0.15) is 6.04 Å². The van der Waals surface area contributed by atoms with Crippen LogP contribution in [-0.4, -0.2) is 73.6 Å². The highest BCUT2D eigenvalue weighted by molar-refractivity contribution is 5.83. The SMILES string of the molecule is COC(=O)C(CN1CCC(N2CCCCC2)C1)NC(C)=O. The van der Waals surface area contributed by atoms with Gasteiger partial charge in [-0.25, -0.2) is 4.79 Å². The highest BCUT2D eigenvalue weighted by atomic mass is 16.5. The van der Waals surface area contributed by atoms with E-state index < -0.39 is 6.04 Å². The van der Waals surface area contributed by atoms with Crippen LogP contribution in [0.1, 0.15) is 32.6 Å². The average molecular weight is 297 g/mol. The third-order valence-electron chi connectivity index (χ3n) is 4.46. The van der Waals surface area contributed by atoms with E-state index in [9.17, 15) is 9.59 Å². The average Bonchev–Trinajstić information content (AvgIpc) is 2.95. The molecule has 6 nitrogen and oxygen atoms in total. The first-order chi connectivity index (χ1) is 10.1. The van der Waals surface area contributed by atoms with Gasteiger partial charge in [0, 0.05) is 26.1 Å². The number of rotatable bonds is 5. The van der Waals surface area contributed by atoms with E-state index in [0.29, 0.717) is 12.6 Å². The molecule has 1 N–H and O–H groups in total. The fourth-order valence-electron chi connectivity index (χ4n) is 3.38. The number of piperidine rings is 1.